The summed E-state index contributed by atoms with van der Waals surface area (Å²) in [6, 6.07) is 24.3. The van der Waals surface area contributed by atoms with E-state index < -0.39 is 0 Å². The van der Waals surface area contributed by atoms with E-state index >= 15 is 0 Å². The number of hydrogen-bond donors (Lipinski definition) is 2. The number of hydrogen-bond acceptors (Lipinski definition) is 2. The SMILES string of the molecule is NC(N)=NCc1cccc(CN(Cc2ccc(Cl)cc2)Cc2ccc(Cl)cc2)c1. The van der Waals surface area contributed by atoms with Gasteiger partial charge in [-0.25, -0.2) is 4.99 Å². The second-order valence-corrected chi connectivity index (χ2v) is 7.83. The third kappa shape index (κ3) is 7.09. The predicted octanol–water partition coefficient (Wildman–Crippen LogP) is 4.97. The zero-order chi connectivity index (χ0) is 20.6. The molecule has 150 valence electrons. The summed E-state index contributed by atoms with van der Waals surface area (Å²) in [7, 11) is 0. The largest absolute Gasteiger partial charge is 0.370 e. The molecule has 3 aromatic carbocycles. The van der Waals surface area contributed by atoms with Crippen LogP contribution in [0.4, 0.5) is 0 Å². The van der Waals surface area contributed by atoms with Crippen molar-refractivity contribution in [3.8, 4) is 0 Å². The fraction of sp³-hybridized carbons (Fsp3) is 0.174. The van der Waals surface area contributed by atoms with E-state index in [0.29, 0.717) is 6.54 Å². The summed E-state index contributed by atoms with van der Waals surface area (Å²) >= 11 is 12.1. The maximum atomic E-state index is 6.04. The first-order valence-corrected chi connectivity index (χ1v) is 10.1. The maximum absolute atomic E-state index is 6.04. The summed E-state index contributed by atoms with van der Waals surface area (Å²) in [6.45, 7) is 2.88. The van der Waals surface area contributed by atoms with E-state index in [4.69, 9.17) is 34.7 Å². The molecule has 0 aliphatic carbocycles. The lowest BCUT2D eigenvalue weighted by Crippen LogP contribution is -2.23. The highest BCUT2D eigenvalue weighted by Crippen LogP contribution is 2.18. The third-order valence-corrected chi connectivity index (χ3v) is 4.98. The van der Waals surface area contributed by atoms with Gasteiger partial charge in [0.25, 0.3) is 0 Å². The molecule has 0 aliphatic heterocycles. The van der Waals surface area contributed by atoms with Gasteiger partial charge in [0, 0.05) is 29.7 Å². The number of halogens is 2. The zero-order valence-corrected chi connectivity index (χ0v) is 17.6. The molecule has 6 heteroatoms. The highest BCUT2D eigenvalue weighted by molar-refractivity contribution is 6.30. The number of nitrogens with two attached hydrogens (primary N) is 2. The maximum Gasteiger partial charge on any atom is 0.186 e. The molecule has 0 atom stereocenters. The first kappa shape index (κ1) is 21.2. The molecule has 0 unspecified atom stereocenters. The van der Waals surface area contributed by atoms with Crippen molar-refractivity contribution < 1.29 is 0 Å². The minimum atomic E-state index is 0.0995. The van der Waals surface area contributed by atoms with E-state index in [0.717, 1.165) is 35.2 Å². The van der Waals surface area contributed by atoms with Crippen LogP contribution in [-0.4, -0.2) is 10.9 Å². The smallest absolute Gasteiger partial charge is 0.186 e. The molecule has 0 radical (unpaired) electrons. The Morgan fingerprint density at radius 2 is 1.17 bits per heavy atom. The molecule has 0 aliphatic rings. The Hall–Kier alpha value is -2.53. The van der Waals surface area contributed by atoms with Crippen molar-refractivity contribution >= 4 is 29.2 Å². The van der Waals surface area contributed by atoms with Gasteiger partial charge in [0.15, 0.2) is 5.96 Å². The molecule has 3 aromatic rings. The third-order valence-electron chi connectivity index (χ3n) is 4.48. The molecule has 0 bridgehead atoms. The van der Waals surface area contributed by atoms with Crippen molar-refractivity contribution in [2.75, 3.05) is 0 Å². The number of benzene rings is 3. The fourth-order valence-corrected chi connectivity index (χ4v) is 3.38. The van der Waals surface area contributed by atoms with E-state index in [2.05, 4.69) is 46.3 Å². The lowest BCUT2D eigenvalue weighted by atomic mass is 10.1. The number of aliphatic imine (C=N–C) groups is 1. The number of rotatable bonds is 8. The van der Waals surface area contributed by atoms with E-state index in [1.165, 1.54) is 16.7 Å². The molecule has 0 spiro atoms. The monoisotopic (exact) mass is 426 g/mol. The molecule has 0 heterocycles. The fourth-order valence-electron chi connectivity index (χ4n) is 3.13. The molecule has 0 saturated heterocycles. The average Bonchev–Trinajstić information content (AvgIpc) is 2.70. The van der Waals surface area contributed by atoms with Crippen LogP contribution in [-0.2, 0) is 26.2 Å². The first-order valence-electron chi connectivity index (χ1n) is 9.32. The summed E-state index contributed by atoms with van der Waals surface area (Å²) in [5.74, 6) is 0.0995. The van der Waals surface area contributed by atoms with Crippen LogP contribution in [0.15, 0.2) is 77.8 Å². The molecule has 4 N–H and O–H groups in total. The van der Waals surface area contributed by atoms with E-state index in [1.54, 1.807) is 0 Å². The van der Waals surface area contributed by atoms with Crippen molar-refractivity contribution in [1.82, 2.24) is 4.90 Å². The summed E-state index contributed by atoms with van der Waals surface area (Å²) in [5.41, 5.74) is 15.6. The zero-order valence-electron chi connectivity index (χ0n) is 16.1. The van der Waals surface area contributed by atoms with Crippen molar-refractivity contribution in [2.24, 2.45) is 16.5 Å². The molecular formula is C23H24Cl2N4. The van der Waals surface area contributed by atoms with Gasteiger partial charge in [0.05, 0.1) is 6.54 Å². The van der Waals surface area contributed by atoms with Crippen LogP contribution in [0.3, 0.4) is 0 Å². The van der Waals surface area contributed by atoms with Crippen molar-refractivity contribution in [1.29, 1.82) is 0 Å². The average molecular weight is 427 g/mol. The first-order chi connectivity index (χ1) is 14.0. The lowest BCUT2D eigenvalue weighted by Gasteiger charge is -2.23. The summed E-state index contributed by atoms with van der Waals surface area (Å²) in [6.07, 6.45) is 0. The number of nitrogens with zero attached hydrogens (tertiary/aromatic N) is 2. The van der Waals surface area contributed by atoms with E-state index in [9.17, 15) is 0 Å². The van der Waals surface area contributed by atoms with Crippen LogP contribution in [0.2, 0.25) is 10.0 Å². The summed E-state index contributed by atoms with van der Waals surface area (Å²) in [4.78, 5) is 6.48. The molecular weight excluding hydrogens is 403 g/mol. The van der Waals surface area contributed by atoms with Gasteiger partial charge in [0.2, 0.25) is 0 Å². The molecule has 0 amide bonds. The van der Waals surface area contributed by atoms with Crippen molar-refractivity contribution in [2.45, 2.75) is 26.2 Å². The van der Waals surface area contributed by atoms with Crippen LogP contribution in [0.1, 0.15) is 22.3 Å². The van der Waals surface area contributed by atoms with Crippen LogP contribution >= 0.6 is 23.2 Å². The second-order valence-electron chi connectivity index (χ2n) is 6.96. The Balaban J connectivity index is 1.78. The van der Waals surface area contributed by atoms with Crippen LogP contribution in [0.5, 0.6) is 0 Å². The quantitative estimate of drug-likeness (QED) is 0.394. The van der Waals surface area contributed by atoms with Gasteiger partial charge in [-0.3, -0.25) is 4.90 Å². The Morgan fingerprint density at radius 1 is 0.690 bits per heavy atom. The van der Waals surface area contributed by atoms with Gasteiger partial charge in [0.1, 0.15) is 0 Å². The van der Waals surface area contributed by atoms with Crippen LogP contribution in [0, 0.1) is 0 Å². The van der Waals surface area contributed by atoms with Crippen LogP contribution in [0.25, 0.3) is 0 Å². The Bertz CT molecular complexity index is 902. The normalized spacial score (nSPS) is 10.9. The molecule has 0 fully saturated rings. The van der Waals surface area contributed by atoms with Gasteiger partial charge >= 0.3 is 0 Å². The Kier molecular flexibility index (Phi) is 7.53. The second kappa shape index (κ2) is 10.3. The van der Waals surface area contributed by atoms with Gasteiger partial charge in [-0.1, -0.05) is 71.7 Å². The van der Waals surface area contributed by atoms with Gasteiger partial charge in [-0.2, -0.15) is 0 Å². The summed E-state index contributed by atoms with van der Waals surface area (Å²) < 4.78 is 0. The molecule has 29 heavy (non-hydrogen) atoms. The highest BCUT2D eigenvalue weighted by atomic mass is 35.5. The van der Waals surface area contributed by atoms with Gasteiger partial charge in [-0.05, 0) is 46.5 Å². The van der Waals surface area contributed by atoms with Crippen molar-refractivity contribution in [3.05, 3.63) is 105 Å². The van der Waals surface area contributed by atoms with Crippen molar-refractivity contribution in [3.63, 3.8) is 0 Å². The Labute approximate surface area is 181 Å². The lowest BCUT2D eigenvalue weighted by molar-refractivity contribution is 0.247. The molecule has 0 aromatic heterocycles. The minimum Gasteiger partial charge on any atom is -0.370 e. The van der Waals surface area contributed by atoms with Gasteiger partial charge in [-0.15, -0.1) is 0 Å². The van der Waals surface area contributed by atoms with E-state index in [-0.39, 0.29) is 5.96 Å². The van der Waals surface area contributed by atoms with Crippen LogP contribution < -0.4 is 11.5 Å². The van der Waals surface area contributed by atoms with E-state index in [1.807, 2.05) is 36.4 Å². The molecule has 3 rings (SSSR count). The number of guanidine groups is 1. The van der Waals surface area contributed by atoms with Gasteiger partial charge < -0.3 is 11.5 Å². The standard InChI is InChI=1S/C23H24Cl2N4/c24-21-8-4-17(5-9-21)14-29(15-18-6-10-22(25)11-7-18)16-20-3-1-2-19(12-20)13-28-23(26)27/h1-12H,13-16H2,(H4,26,27,28). The predicted molar refractivity (Wildman–Crippen MR) is 122 cm³/mol. The molecule has 0 saturated carbocycles. The Morgan fingerprint density at radius 3 is 1.69 bits per heavy atom. The topological polar surface area (TPSA) is 67.6 Å². The molecule has 4 nitrogen and oxygen atoms in total. The minimum absolute atomic E-state index is 0.0995. The highest BCUT2D eigenvalue weighted by Gasteiger charge is 2.09. The summed E-state index contributed by atoms with van der Waals surface area (Å²) in [5, 5.41) is 1.48.